The Morgan fingerprint density at radius 2 is 2.31 bits per heavy atom. The van der Waals surface area contributed by atoms with Crippen LogP contribution in [-0.2, 0) is 12.8 Å². The Morgan fingerprint density at radius 3 is 2.94 bits per heavy atom. The molecular weight excluding hydrogens is 247 g/mol. The predicted molar refractivity (Wildman–Crippen MR) is 64.2 cm³/mol. The molecule has 0 aliphatic heterocycles. The summed E-state index contributed by atoms with van der Waals surface area (Å²) in [4.78, 5) is 4.16. The molecule has 2 aromatic rings. The first-order valence-electron chi connectivity index (χ1n) is 4.71. The fourth-order valence-electron chi connectivity index (χ4n) is 1.27. The van der Waals surface area contributed by atoms with E-state index in [-0.39, 0.29) is 5.82 Å². The Balaban J connectivity index is 2.08. The molecule has 2 nitrogen and oxygen atoms in total. The average Bonchev–Trinajstić information content (AvgIpc) is 2.63. The highest BCUT2D eigenvalue weighted by molar-refractivity contribution is 7.98. The van der Waals surface area contributed by atoms with Crippen molar-refractivity contribution in [3.05, 3.63) is 47.0 Å². The van der Waals surface area contributed by atoms with Crippen LogP contribution >= 0.6 is 23.4 Å². The van der Waals surface area contributed by atoms with Crippen LogP contribution in [0.15, 0.2) is 35.7 Å². The zero-order chi connectivity index (χ0) is 11.5. The Kier molecular flexibility index (Phi) is 3.51. The maximum Gasteiger partial charge on any atom is 0.167 e. The van der Waals surface area contributed by atoms with Gasteiger partial charge < -0.3 is 4.57 Å². The summed E-state index contributed by atoms with van der Waals surface area (Å²) in [5.74, 6) is 0.280. The average molecular weight is 257 g/mol. The summed E-state index contributed by atoms with van der Waals surface area (Å²) in [5.41, 5.74) is 0.636. The van der Waals surface area contributed by atoms with Crippen molar-refractivity contribution in [1.29, 1.82) is 0 Å². The Hall–Kier alpha value is -1.00. The van der Waals surface area contributed by atoms with E-state index in [9.17, 15) is 4.39 Å². The highest BCUT2D eigenvalue weighted by atomic mass is 35.5. The van der Waals surface area contributed by atoms with Gasteiger partial charge >= 0.3 is 0 Å². The van der Waals surface area contributed by atoms with Crippen LogP contribution in [0, 0.1) is 5.82 Å². The summed E-state index contributed by atoms with van der Waals surface area (Å²) < 4.78 is 15.4. The normalized spacial score (nSPS) is 10.7. The van der Waals surface area contributed by atoms with Gasteiger partial charge in [0.15, 0.2) is 5.16 Å². The molecule has 84 valence electrons. The molecule has 0 atom stereocenters. The molecule has 0 aliphatic rings. The number of rotatable bonds is 3. The summed E-state index contributed by atoms with van der Waals surface area (Å²) in [6, 6.07) is 4.72. The number of imidazole rings is 1. The molecular formula is C11H10ClFN2S. The van der Waals surface area contributed by atoms with Gasteiger partial charge in [-0.05, 0) is 17.7 Å². The number of benzene rings is 1. The second-order valence-corrected chi connectivity index (χ2v) is 4.72. The number of halogens is 2. The molecule has 0 radical (unpaired) electrons. The van der Waals surface area contributed by atoms with E-state index in [4.69, 9.17) is 11.6 Å². The predicted octanol–water partition coefficient (Wildman–Crippen LogP) is 3.50. The minimum Gasteiger partial charge on any atom is -0.329 e. The van der Waals surface area contributed by atoms with E-state index >= 15 is 0 Å². The lowest BCUT2D eigenvalue weighted by Crippen LogP contribution is -1.92. The first-order chi connectivity index (χ1) is 7.66. The second kappa shape index (κ2) is 4.89. The molecule has 0 aliphatic carbocycles. The third-order valence-electron chi connectivity index (χ3n) is 2.15. The summed E-state index contributed by atoms with van der Waals surface area (Å²) in [7, 11) is 1.91. The fourth-order valence-corrected chi connectivity index (χ4v) is 2.35. The SMILES string of the molecule is Cn1ccnc1SCc1ccc(Cl)cc1F. The molecule has 0 N–H and O–H groups in total. The van der Waals surface area contributed by atoms with Crippen LogP contribution in [0.5, 0.6) is 0 Å². The van der Waals surface area contributed by atoms with Gasteiger partial charge in [-0.15, -0.1) is 0 Å². The van der Waals surface area contributed by atoms with Gasteiger partial charge in [-0.2, -0.15) is 0 Å². The molecule has 0 spiro atoms. The maximum absolute atomic E-state index is 13.5. The van der Waals surface area contributed by atoms with Crippen molar-refractivity contribution in [2.75, 3.05) is 0 Å². The Bertz CT molecular complexity index is 498. The third-order valence-corrected chi connectivity index (χ3v) is 3.49. The second-order valence-electron chi connectivity index (χ2n) is 3.35. The molecule has 5 heteroatoms. The molecule has 2 rings (SSSR count). The Morgan fingerprint density at radius 1 is 1.50 bits per heavy atom. The largest absolute Gasteiger partial charge is 0.329 e. The van der Waals surface area contributed by atoms with Crippen LogP contribution in [0.4, 0.5) is 4.39 Å². The highest BCUT2D eigenvalue weighted by Crippen LogP contribution is 2.23. The van der Waals surface area contributed by atoms with Crippen LogP contribution in [0.1, 0.15) is 5.56 Å². The van der Waals surface area contributed by atoms with Crippen molar-refractivity contribution in [2.24, 2.45) is 7.05 Å². The number of hydrogen-bond acceptors (Lipinski definition) is 2. The standard InChI is InChI=1S/C11H10ClFN2S/c1-15-5-4-14-11(15)16-7-8-2-3-9(12)6-10(8)13/h2-6H,7H2,1H3. The number of thioether (sulfide) groups is 1. The summed E-state index contributed by atoms with van der Waals surface area (Å²) >= 11 is 7.17. The van der Waals surface area contributed by atoms with E-state index in [1.54, 1.807) is 18.3 Å². The van der Waals surface area contributed by atoms with Gasteiger partial charge in [0, 0.05) is 30.2 Å². The zero-order valence-corrected chi connectivity index (χ0v) is 10.2. The van der Waals surface area contributed by atoms with Gasteiger partial charge in [-0.25, -0.2) is 9.37 Å². The number of aromatic nitrogens is 2. The monoisotopic (exact) mass is 256 g/mol. The molecule has 16 heavy (non-hydrogen) atoms. The van der Waals surface area contributed by atoms with E-state index < -0.39 is 0 Å². The van der Waals surface area contributed by atoms with E-state index in [2.05, 4.69) is 4.98 Å². The van der Waals surface area contributed by atoms with Crippen LogP contribution < -0.4 is 0 Å². The van der Waals surface area contributed by atoms with E-state index in [1.807, 2.05) is 17.8 Å². The first-order valence-corrected chi connectivity index (χ1v) is 6.07. The molecule has 0 fully saturated rings. The lowest BCUT2D eigenvalue weighted by atomic mass is 10.2. The van der Waals surface area contributed by atoms with Crippen molar-refractivity contribution < 1.29 is 4.39 Å². The summed E-state index contributed by atoms with van der Waals surface area (Å²) in [6.45, 7) is 0. The van der Waals surface area contributed by atoms with Crippen molar-refractivity contribution in [3.8, 4) is 0 Å². The molecule has 0 amide bonds. The molecule has 1 aromatic carbocycles. The minimum absolute atomic E-state index is 0.269. The van der Waals surface area contributed by atoms with Gasteiger partial charge in [0.2, 0.25) is 0 Å². The van der Waals surface area contributed by atoms with Crippen LogP contribution in [0.2, 0.25) is 5.02 Å². The van der Waals surface area contributed by atoms with Crippen molar-refractivity contribution in [3.63, 3.8) is 0 Å². The van der Waals surface area contributed by atoms with Gasteiger partial charge in [0.1, 0.15) is 5.82 Å². The quantitative estimate of drug-likeness (QED) is 0.783. The molecule has 0 bridgehead atoms. The number of hydrogen-bond donors (Lipinski definition) is 0. The molecule has 0 saturated heterocycles. The first kappa shape index (κ1) is 11.5. The molecule has 0 saturated carbocycles. The highest BCUT2D eigenvalue weighted by Gasteiger charge is 2.05. The number of nitrogens with zero attached hydrogens (tertiary/aromatic N) is 2. The minimum atomic E-state index is -0.269. The molecule has 1 aromatic heterocycles. The van der Waals surface area contributed by atoms with Crippen LogP contribution in [0.3, 0.4) is 0 Å². The third kappa shape index (κ3) is 2.57. The van der Waals surface area contributed by atoms with E-state index in [1.165, 1.54) is 17.8 Å². The van der Waals surface area contributed by atoms with E-state index in [0.717, 1.165) is 5.16 Å². The van der Waals surface area contributed by atoms with Crippen LogP contribution in [0.25, 0.3) is 0 Å². The number of aryl methyl sites for hydroxylation is 1. The lowest BCUT2D eigenvalue weighted by Gasteiger charge is -2.03. The van der Waals surface area contributed by atoms with Gasteiger partial charge in [-0.3, -0.25) is 0 Å². The zero-order valence-electron chi connectivity index (χ0n) is 8.65. The summed E-state index contributed by atoms with van der Waals surface area (Å²) in [6.07, 6.45) is 3.58. The van der Waals surface area contributed by atoms with Gasteiger partial charge in [-0.1, -0.05) is 29.4 Å². The fraction of sp³-hybridized carbons (Fsp3) is 0.182. The van der Waals surface area contributed by atoms with Gasteiger partial charge in [0.25, 0.3) is 0 Å². The van der Waals surface area contributed by atoms with Gasteiger partial charge in [0.05, 0.1) is 0 Å². The Labute approximate surface area is 102 Å². The lowest BCUT2D eigenvalue weighted by molar-refractivity contribution is 0.617. The van der Waals surface area contributed by atoms with Crippen LogP contribution in [-0.4, -0.2) is 9.55 Å². The topological polar surface area (TPSA) is 17.8 Å². The summed E-state index contributed by atoms with van der Waals surface area (Å²) in [5, 5.41) is 1.29. The molecule has 0 unspecified atom stereocenters. The van der Waals surface area contributed by atoms with Crippen molar-refractivity contribution in [2.45, 2.75) is 10.9 Å². The maximum atomic E-state index is 13.5. The van der Waals surface area contributed by atoms with Crippen molar-refractivity contribution >= 4 is 23.4 Å². The molecule has 1 heterocycles. The van der Waals surface area contributed by atoms with E-state index in [0.29, 0.717) is 16.3 Å². The smallest absolute Gasteiger partial charge is 0.167 e. The van der Waals surface area contributed by atoms with Crippen molar-refractivity contribution in [1.82, 2.24) is 9.55 Å².